The molecule has 0 spiro atoms. The Morgan fingerprint density at radius 2 is 1.93 bits per heavy atom. The number of nitrogens with zero attached hydrogens (tertiary/aromatic N) is 4. The lowest BCUT2D eigenvalue weighted by atomic mass is 9.96. The molecule has 1 saturated heterocycles. The van der Waals surface area contributed by atoms with Gasteiger partial charge in [-0.05, 0) is 55.3 Å². The summed E-state index contributed by atoms with van der Waals surface area (Å²) in [6.45, 7) is 5.56. The molecule has 30 heavy (non-hydrogen) atoms. The monoisotopic (exact) mass is 410 g/mol. The minimum absolute atomic E-state index is 0.0188. The van der Waals surface area contributed by atoms with E-state index in [1.165, 1.54) is 11.6 Å². The largest absolute Gasteiger partial charge is 0.356 e. The fourth-order valence-corrected chi connectivity index (χ4v) is 3.98. The number of aromatic nitrogens is 1. The summed E-state index contributed by atoms with van der Waals surface area (Å²) in [5.41, 5.74) is 2.26. The summed E-state index contributed by atoms with van der Waals surface area (Å²) >= 11 is 0. The van der Waals surface area contributed by atoms with E-state index in [-0.39, 0.29) is 11.2 Å². The van der Waals surface area contributed by atoms with Gasteiger partial charge in [0.15, 0.2) is 5.96 Å². The second kappa shape index (κ2) is 9.00. The van der Waals surface area contributed by atoms with Gasteiger partial charge in [-0.3, -0.25) is 4.99 Å². The summed E-state index contributed by atoms with van der Waals surface area (Å²) < 4.78 is 13.6. The van der Waals surface area contributed by atoms with Gasteiger partial charge in [-0.25, -0.2) is 9.37 Å². The highest BCUT2D eigenvalue weighted by atomic mass is 19.1. The molecule has 2 heterocycles. The van der Waals surface area contributed by atoms with Crippen molar-refractivity contribution < 1.29 is 4.39 Å². The molecule has 1 aromatic carbocycles. The van der Waals surface area contributed by atoms with Gasteiger partial charge in [0.2, 0.25) is 0 Å². The average molecular weight is 411 g/mol. The van der Waals surface area contributed by atoms with E-state index < -0.39 is 0 Å². The van der Waals surface area contributed by atoms with Crippen LogP contribution in [0.25, 0.3) is 0 Å². The standard InChI is InChI=1S/C23H31FN6/c1-25-22(28-17-23(7-8-23)19-4-3-5-20(24)15-19)27-16-18-6-9-26-21(14-18)30-12-10-29(2)11-13-30/h3-6,9,14-15H,7-8,10-13,16-17H2,1-2H3,(H2,25,27,28). The predicted molar refractivity (Wildman–Crippen MR) is 119 cm³/mol. The zero-order valence-electron chi connectivity index (χ0n) is 17.9. The molecule has 0 amide bonds. The molecule has 0 bridgehead atoms. The van der Waals surface area contributed by atoms with Crippen LogP contribution in [0, 0.1) is 5.82 Å². The molecule has 1 saturated carbocycles. The SMILES string of the molecule is CN=C(NCc1ccnc(N2CCN(C)CC2)c1)NCC1(c2cccc(F)c2)CC1. The zero-order valence-corrected chi connectivity index (χ0v) is 17.9. The summed E-state index contributed by atoms with van der Waals surface area (Å²) in [6.07, 6.45) is 4.02. The van der Waals surface area contributed by atoms with Gasteiger partial charge < -0.3 is 20.4 Å². The van der Waals surface area contributed by atoms with E-state index in [9.17, 15) is 4.39 Å². The lowest BCUT2D eigenvalue weighted by Gasteiger charge is -2.33. The van der Waals surface area contributed by atoms with Crippen LogP contribution in [-0.2, 0) is 12.0 Å². The van der Waals surface area contributed by atoms with Crippen LogP contribution in [0.5, 0.6) is 0 Å². The van der Waals surface area contributed by atoms with Crippen LogP contribution >= 0.6 is 0 Å². The predicted octanol–water partition coefficient (Wildman–Crippen LogP) is 2.37. The lowest BCUT2D eigenvalue weighted by Crippen LogP contribution is -2.44. The molecule has 2 aromatic rings. The van der Waals surface area contributed by atoms with E-state index in [1.807, 2.05) is 18.3 Å². The highest BCUT2D eigenvalue weighted by Crippen LogP contribution is 2.47. The first-order chi connectivity index (χ1) is 14.6. The third-order valence-corrected chi connectivity index (χ3v) is 6.21. The molecule has 4 rings (SSSR count). The van der Waals surface area contributed by atoms with Crippen LogP contribution in [0.1, 0.15) is 24.0 Å². The fraction of sp³-hybridized carbons (Fsp3) is 0.478. The van der Waals surface area contributed by atoms with E-state index in [4.69, 9.17) is 0 Å². The van der Waals surface area contributed by atoms with Gasteiger partial charge in [0.25, 0.3) is 0 Å². The summed E-state index contributed by atoms with van der Waals surface area (Å²) in [4.78, 5) is 13.6. The van der Waals surface area contributed by atoms with Crippen LogP contribution < -0.4 is 15.5 Å². The molecule has 160 valence electrons. The van der Waals surface area contributed by atoms with Crippen LogP contribution in [0.3, 0.4) is 0 Å². The van der Waals surface area contributed by atoms with Crippen molar-refractivity contribution in [3.05, 3.63) is 59.5 Å². The number of likely N-dealkylation sites (N-methyl/N-ethyl adjacent to an activating group) is 1. The highest BCUT2D eigenvalue weighted by molar-refractivity contribution is 5.79. The number of piperazine rings is 1. The maximum Gasteiger partial charge on any atom is 0.191 e. The Morgan fingerprint density at radius 3 is 2.63 bits per heavy atom. The number of nitrogens with one attached hydrogen (secondary N) is 2. The zero-order chi connectivity index (χ0) is 21.0. The molecular weight excluding hydrogens is 379 g/mol. The Hall–Kier alpha value is -2.67. The second-order valence-corrected chi connectivity index (χ2v) is 8.38. The third-order valence-electron chi connectivity index (χ3n) is 6.21. The van der Waals surface area contributed by atoms with Gasteiger partial charge in [0, 0.05) is 57.9 Å². The average Bonchev–Trinajstić information content (AvgIpc) is 3.56. The Morgan fingerprint density at radius 1 is 1.13 bits per heavy atom. The minimum Gasteiger partial charge on any atom is -0.356 e. The van der Waals surface area contributed by atoms with Crippen molar-refractivity contribution in [3.8, 4) is 0 Å². The van der Waals surface area contributed by atoms with Crippen molar-refractivity contribution in [1.82, 2.24) is 20.5 Å². The third kappa shape index (κ3) is 4.90. The van der Waals surface area contributed by atoms with Crippen molar-refractivity contribution >= 4 is 11.8 Å². The number of guanidine groups is 1. The number of aliphatic imine (C=N–C) groups is 1. The number of anilines is 1. The van der Waals surface area contributed by atoms with Gasteiger partial charge >= 0.3 is 0 Å². The first-order valence-electron chi connectivity index (χ1n) is 10.7. The Balaban J connectivity index is 1.31. The topological polar surface area (TPSA) is 55.8 Å². The van der Waals surface area contributed by atoms with E-state index in [2.05, 4.69) is 43.5 Å². The molecule has 0 unspecified atom stereocenters. The van der Waals surface area contributed by atoms with Gasteiger partial charge in [-0.1, -0.05) is 12.1 Å². The smallest absolute Gasteiger partial charge is 0.191 e. The molecule has 0 atom stereocenters. The van der Waals surface area contributed by atoms with Crippen molar-refractivity contribution in [3.63, 3.8) is 0 Å². The maximum atomic E-state index is 13.6. The maximum absolute atomic E-state index is 13.6. The van der Waals surface area contributed by atoms with E-state index >= 15 is 0 Å². The number of halogens is 1. The first-order valence-corrected chi connectivity index (χ1v) is 10.7. The summed E-state index contributed by atoms with van der Waals surface area (Å²) in [6, 6.07) is 11.2. The van der Waals surface area contributed by atoms with E-state index in [0.717, 1.165) is 62.9 Å². The van der Waals surface area contributed by atoms with E-state index in [1.54, 1.807) is 19.2 Å². The molecule has 1 aromatic heterocycles. The second-order valence-electron chi connectivity index (χ2n) is 8.38. The Bertz CT molecular complexity index is 887. The first kappa shape index (κ1) is 20.6. The number of benzene rings is 1. The van der Waals surface area contributed by atoms with Gasteiger partial charge in [-0.2, -0.15) is 0 Å². The highest BCUT2D eigenvalue weighted by Gasteiger charge is 2.44. The van der Waals surface area contributed by atoms with Crippen molar-refractivity contribution in [1.29, 1.82) is 0 Å². The molecule has 6 nitrogen and oxygen atoms in total. The van der Waals surface area contributed by atoms with Crippen LogP contribution in [0.15, 0.2) is 47.6 Å². The van der Waals surface area contributed by atoms with Crippen LogP contribution in [-0.4, -0.2) is 62.7 Å². The summed E-state index contributed by atoms with van der Waals surface area (Å²) in [5.74, 6) is 1.62. The molecule has 1 aliphatic heterocycles. The minimum atomic E-state index is -0.171. The number of hydrogen-bond donors (Lipinski definition) is 2. The molecule has 7 heteroatoms. The summed E-state index contributed by atoms with van der Waals surface area (Å²) in [7, 11) is 3.93. The Labute approximate surface area is 178 Å². The van der Waals surface area contributed by atoms with Gasteiger partial charge in [0.05, 0.1) is 0 Å². The molecule has 2 fully saturated rings. The molecule has 2 N–H and O–H groups in total. The molecular formula is C23H31FN6. The molecule has 2 aliphatic rings. The summed E-state index contributed by atoms with van der Waals surface area (Å²) in [5, 5.41) is 6.82. The molecule has 1 aliphatic carbocycles. The van der Waals surface area contributed by atoms with Crippen LogP contribution in [0.4, 0.5) is 10.2 Å². The van der Waals surface area contributed by atoms with Gasteiger partial charge in [0.1, 0.15) is 11.6 Å². The quantitative estimate of drug-likeness (QED) is 0.566. The molecule has 0 radical (unpaired) electrons. The fourth-order valence-electron chi connectivity index (χ4n) is 3.98. The number of rotatable bonds is 6. The van der Waals surface area contributed by atoms with Crippen LogP contribution in [0.2, 0.25) is 0 Å². The van der Waals surface area contributed by atoms with Crippen molar-refractivity contribution in [2.45, 2.75) is 24.8 Å². The van der Waals surface area contributed by atoms with Crippen molar-refractivity contribution in [2.75, 3.05) is 51.7 Å². The van der Waals surface area contributed by atoms with Crippen molar-refractivity contribution in [2.24, 2.45) is 4.99 Å². The van der Waals surface area contributed by atoms with Gasteiger partial charge in [-0.15, -0.1) is 0 Å². The number of hydrogen-bond acceptors (Lipinski definition) is 4. The Kier molecular flexibility index (Phi) is 6.18. The number of pyridine rings is 1. The lowest BCUT2D eigenvalue weighted by molar-refractivity contribution is 0.312. The van der Waals surface area contributed by atoms with E-state index in [0.29, 0.717) is 6.54 Å². The normalized spacial score (nSPS) is 18.9.